The molecule has 1 saturated heterocycles. The minimum absolute atomic E-state index is 0.0253. The predicted octanol–water partition coefficient (Wildman–Crippen LogP) is 6.56. The first-order chi connectivity index (χ1) is 16.8. The second kappa shape index (κ2) is 18.4. The van der Waals surface area contributed by atoms with Gasteiger partial charge in [-0.15, -0.1) is 0 Å². The van der Waals surface area contributed by atoms with Gasteiger partial charge in [0.05, 0.1) is 0 Å². The van der Waals surface area contributed by atoms with Gasteiger partial charge in [-0.1, -0.05) is 0 Å². The van der Waals surface area contributed by atoms with Gasteiger partial charge < -0.3 is 5.32 Å². The average molecular weight is 597 g/mol. The molecule has 0 aromatic carbocycles. The molecule has 0 saturated carbocycles. The zero-order valence-corrected chi connectivity index (χ0v) is 26.4. The topological polar surface area (TPSA) is 67.4 Å². The van der Waals surface area contributed by atoms with Gasteiger partial charge in [0.15, 0.2) is 0 Å². The summed E-state index contributed by atoms with van der Waals surface area (Å²) in [6.45, 7) is 14.5. The van der Waals surface area contributed by atoms with Crippen molar-refractivity contribution >= 4 is 30.3 Å². The van der Waals surface area contributed by atoms with Gasteiger partial charge >= 0.3 is 196 Å². The van der Waals surface area contributed by atoms with E-state index >= 15 is 0 Å². The fraction of sp³-hybridized carbons (Fsp3) is 0.793. The fourth-order valence-electron chi connectivity index (χ4n) is 5.04. The summed E-state index contributed by atoms with van der Waals surface area (Å²) in [7, 11) is 0. The summed E-state index contributed by atoms with van der Waals surface area (Å²) in [4.78, 5) is 24.9. The van der Waals surface area contributed by atoms with Crippen molar-refractivity contribution in [3.8, 4) is 0 Å². The molecule has 0 aliphatic carbocycles. The Morgan fingerprint density at radius 1 is 1.03 bits per heavy atom. The van der Waals surface area contributed by atoms with Crippen molar-refractivity contribution in [1.82, 2.24) is 10.6 Å². The third kappa shape index (κ3) is 12.8. The molecule has 0 aromatic rings. The average Bonchev–Trinajstić information content (AvgIpc) is 3.39. The van der Waals surface area contributed by atoms with Gasteiger partial charge in [-0.05, 0) is 19.4 Å². The molecule has 3 atom stereocenters. The first-order valence-electron chi connectivity index (χ1n) is 14.4. The summed E-state index contributed by atoms with van der Waals surface area (Å²) in [5, 5.41) is 6.24. The number of hydrogen-bond donors (Lipinski definition) is 2. The van der Waals surface area contributed by atoms with Gasteiger partial charge in [0.25, 0.3) is 0 Å². The van der Waals surface area contributed by atoms with Crippen LogP contribution in [0.2, 0.25) is 13.3 Å². The molecule has 0 unspecified atom stereocenters. The van der Waals surface area contributed by atoms with Crippen molar-refractivity contribution in [3.05, 3.63) is 22.3 Å². The van der Waals surface area contributed by atoms with Crippen molar-refractivity contribution in [3.63, 3.8) is 0 Å². The molecule has 6 heteroatoms. The van der Waals surface area contributed by atoms with E-state index < -0.39 is 18.4 Å². The van der Waals surface area contributed by atoms with E-state index in [1.54, 1.807) is 6.08 Å². The van der Waals surface area contributed by atoms with E-state index in [-0.39, 0.29) is 35.9 Å². The van der Waals surface area contributed by atoms with E-state index in [0.29, 0.717) is 6.54 Å². The number of amides is 1. The predicted molar refractivity (Wildman–Crippen MR) is 151 cm³/mol. The second-order valence-electron chi connectivity index (χ2n) is 10.8. The molecule has 35 heavy (non-hydrogen) atoms. The number of carbonyl (C=O) groups is 2. The van der Waals surface area contributed by atoms with Crippen LogP contribution in [0.25, 0.3) is 0 Å². The summed E-state index contributed by atoms with van der Waals surface area (Å²) in [5.41, 5.74) is 0. The summed E-state index contributed by atoms with van der Waals surface area (Å²) < 4.78 is 12.8. The Kier molecular flexibility index (Phi) is 17.0. The van der Waals surface area contributed by atoms with Crippen LogP contribution >= 0.6 is 0 Å². The van der Waals surface area contributed by atoms with Crippen LogP contribution in [-0.4, -0.2) is 55.5 Å². The van der Waals surface area contributed by atoms with Gasteiger partial charge in [0.2, 0.25) is 0 Å². The first-order valence-corrected chi connectivity index (χ1v) is 22.1. The van der Waals surface area contributed by atoms with Gasteiger partial charge in [0.1, 0.15) is 0 Å². The number of esters is 1. The molecule has 0 spiro atoms. The van der Waals surface area contributed by atoms with Crippen molar-refractivity contribution < 1.29 is 14.3 Å². The number of unbranched alkanes of at least 4 members (excludes halogenated alkanes) is 3. The van der Waals surface area contributed by atoms with Crippen LogP contribution in [-0.2, 0) is 14.3 Å². The van der Waals surface area contributed by atoms with Crippen LogP contribution in [0.4, 0.5) is 0 Å². The molecule has 0 radical (unpaired) electrons. The quantitative estimate of drug-likeness (QED) is 0.107. The molecular formula is C29H54N2O3Sn. The number of hydrogen-bond acceptors (Lipinski definition) is 4. The maximum absolute atomic E-state index is 12.5. The zero-order chi connectivity index (χ0) is 26.1. The molecule has 5 nitrogen and oxygen atoms in total. The Labute approximate surface area is 220 Å². The summed E-state index contributed by atoms with van der Waals surface area (Å²) in [6.07, 6.45) is 15.2. The van der Waals surface area contributed by atoms with Crippen LogP contribution in [0.15, 0.2) is 22.3 Å². The van der Waals surface area contributed by atoms with Gasteiger partial charge in [-0.3, -0.25) is 0 Å². The van der Waals surface area contributed by atoms with Crippen molar-refractivity contribution in [2.24, 2.45) is 11.8 Å². The van der Waals surface area contributed by atoms with Crippen LogP contribution in [0.5, 0.6) is 0 Å². The van der Waals surface area contributed by atoms with Gasteiger partial charge in [-0.25, -0.2) is 0 Å². The van der Waals surface area contributed by atoms with Gasteiger partial charge in [0, 0.05) is 0 Å². The van der Waals surface area contributed by atoms with Crippen molar-refractivity contribution in [1.29, 1.82) is 0 Å². The molecule has 0 bridgehead atoms. The Hall–Kier alpha value is -0.821. The zero-order valence-electron chi connectivity index (χ0n) is 23.5. The number of rotatable bonds is 18. The third-order valence-corrected chi connectivity index (χ3v) is 21.5. The second-order valence-corrected chi connectivity index (χ2v) is 23.8. The van der Waals surface area contributed by atoms with Crippen molar-refractivity contribution in [2.45, 2.75) is 118 Å². The Bertz CT molecular complexity index is 635. The third-order valence-electron chi connectivity index (χ3n) is 7.27. The first kappa shape index (κ1) is 32.2. The monoisotopic (exact) mass is 598 g/mol. The SMILES string of the molecule is CCC[CH2][Sn](/[CH]=C/CNC(=O)/C=C/[C@@H](C)[C@H](OC(=O)[C@H]1CCCN1)C(C)C)([CH2]CCC)[CH2]CCC. The van der Waals surface area contributed by atoms with Crippen LogP contribution in [0.1, 0.15) is 92.9 Å². The molecule has 1 aliphatic rings. The normalized spacial score (nSPS) is 18.4. The summed E-state index contributed by atoms with van der Waals surface area (Å²) in [6, 6.07) is -0.188. The molecule has 1 rings (SSSR count). The minimum atomic E-state index is -2.29. The van der Waals surface area contributed by atoms with E-state index in [1.165, 1.54) is 51.8 Å². The number of carbonyl (C=O) groups excluding carboxylic acids is 2. The number of nitrogens with one attached hydrogen (secondary N) is 2. The Balaban J connectivity index is 2.64. The molecule has 1 amide bonds. The molecule has 0 aromatic heterocycles. The Morgan fingerprint density at radius 3 is 2.11 bits per heavy atom. The van der Waals surface area contributed by atoms with E-state index in [9.17, 15) is 9.59 Å². The molecule has 2 N–H and O–H groups in total. The molecule has 202 valence electrons. The van der Waals surface area contributed by atoms with E-state index in [0.717, 1.165) is 19.4 Å². The Morgan fingerprint density at radius 2 is 1.63 bits per heavy atom. The van der Waals surface area contributed by atoms with Crippen LogP contribution in [0.3, 0.4) is 0 Å². The fourth-order valence-corrected chi connectivity index (χ4v) is 19.4. The van der Waals surface area contributed by atoms with Crippen LogP contribution in [0, 0.1) is 11.8 Å². The molecule has 1 fully saturated rings. The van der Waals surface area contributed by atoms with E-state index in [2.05, 4.69) is 55.4 Å². The summed E-state index contributed by atoms with van der Waals surface area (Å²) >= 11 is -2.29. The van der Waals surface area contributed by atoms with E-state index in [4.69, 9.17) is 4.74 Å². The standard InChI is InChI=1S/C17H27N2O3.3C4H9.Sn/c1-5-10-19-15(20)9-8-13(4)16(12(2)3)22-17(21)14-7-6-11-18-14;3*1-3-4-2;/h1,5,8-9,12-14,16,18H,6-7,10-11H2,2-4H3,(H,19,20);3*1,3-4H2,2H3;/b5-1?,9-8+;;;;/t13-,14-,16-;;;;/m1..../s1. The molecular weight excluding hydrogens is 543 g/mol. The van der Waals surface area contributed by atoms with Crippen LogP contribution < -0.4 is 10.6 Å². The maximum atomic E-state index is 12.5. The molecule has 1 aliphatic heterocycles. The van der Waals surface area contributed by atoms with Crippen molar-refractivity contribution in [2.75, 3.05) is 13.1 Å². The van der Waals surface area contributed by atoms with Gasteiger partial charge in [-0.2, -0.15) is 0 Å². The molecule has 1 heterocycles. The summed E-state index contributed by atoms with van der Waals surface area (Å²) in [5.74, 6) is -0.0899. The number of ether oxygens (including phenoxy) is 1. The van der Waals surface area contributed by atoms with E-state index in [1.807, 2.05) is 13.0 Å².